The summed E-state index contributed by atoms with van der Waals surface area (Å²) in [5, 5.41) is 3.16. The quantitative estimate of drug-likeness (QED) is 0.914. The molecule has 0 amide bonds. The summed E-state index contributed by atoms with van der Waals surface area (Å²) in [5.41, 5.74) is 6.71. The largest absolute Gasteiger partial charge is 0.387 e. The van der Waals surface area contributed by atoms with E-state index in [-0.39, 0.29) is 0 Å². The highest BCUT2D eigenvalue weighted by atomic mass is 16.5. The average molecular weight is 326 g/mol. The summed E-state index contributed by atoms with van der Waals surface area (Å²) < 4.78 is 5.50. The second kappa shape index (κ2) is 7.62. The van der Waals surface area contributed by atoms with Crippen LogP contribution in [0.15, 0.2) is 24.5 Å². The van der Waals surface area contributed by atoms with E-state index < -0.39 is 0 Å². The van der Waals surface area contributed by atoms with E-state index >= 15 is 0 Å². The predicted molar refractivity (Wildman–Crippen MR) is 98.8 cm³/mol. The Labute approximate surface area is 144 Å². The molecule has 1 N–H and O–H groups in total. The van der Waals surface area contributed by atoms with E-state index in [1.165, 1.54) is 11.4 Å². The van der Waals surface area contributed by atoms with Crippen LogP contribution in [0.4, 0.5) is 11.4 Å². The Hall–Kier alpha value is -2.14. The van der Waals surface area contributed by atoms with Crippen LogP contribution in [0.1, 0.15) is 24.7 Å². The molecule has 0 saturated carbocycles. The van der Waals surface area contributed by atoms with E-state index in [9.17, 15) is 0 Å². The van der Waals surface area contributed by atoms with Gasteiger partial charge in [-0.15, -0.1) is 0 Å². The normalized spacial score (nSPS) is 14.7. The molecule has 1 saturated heterocycles. The summed E-state index contributed by atoms with van der Waals surface area (Å²) in [5.74, 6) is 0. The monoisotopic (exact) mass is 326 g/mol. The van der Waals surface area contributed by atoms with Crippen molar-refractivity contribution >= 4 is 11.4 Å². The van der Waals surface area contributed by atoms with Gasteiger partial charge in [0.05, 0.1) is 36.5 Å². The second-order valence-corrected chi connectivity index (χ2v) is 6.15. The maximum absolute atomic E-state index is 5.50. The molecule has 2 aromatic heterocycles. The highest BCUT2D eigenvalue weighted by Gasteiger charge is 2.17. The molecule has 24 heavy (non-hydrogen) atoms. The molecule has 0 bridgehead atoms. The molecule has 5 heteroatoms. The van der Waals surface area contributed by atoms with Gasteiger partial charge in [-0.3, -0.25) is 9.97 Å². The van der Waals surface area contributed by atoms with Gasteiger partial charge in [0.1, 0.15) is 0 Å². The molecule has 0 spiro atoms. The summed E-state index contributed by atoms with van der Waals surface area (Å²) in [6, 6.07) is 4.41. The standard InChI is InChI=1S/C19H26N4O/c1-4-5-18-19(23-6-8-24-9-7-23)10-15(12-22-18)17-11-16(20-3)13-21-14(17)2/h10-13,20H,4-9H2,1-3H3. The fraction of sp³-hybridized carbons (Fsp3) is 0.474. The maximum atomic E-state index is 5.50. The zero-order valence-electron chi connectivity index (χ0n) is 14.8. The summed E-state index contributed by atoms with van der Waals surface area (Å²) in [6.07, 6.45) is 5.94. The minimum atomic E-state index is 0.783. The fourth-order valence-electron chi connectivity index (χ4n) is 3.10. The Balaban J connectivity index is 2.03. The van der Waals surface area contributed by atoms with Crippen molar-refractivity contribution in [3.8, 4) is 11.1 Å². The van der Waals surface area contributed by atoms with Crippen LogP contribution in [-0.2, 0) is 11.2 Å². The third-order valence-electron chi connectivity index (χ3n) is 4.47. The molecule has 2 aromatic rings. The van der Waals surface area contributed by atoms with Crippen molar-refractivity contribution in [2.75, 3.05) is 43.6 Å². The lowest BCUT2D eigenvalue weighted by atomic mass is 10.0. The molecular formula is C19H26N4O. The second-order valence-electron chi connectivity index (χ2n) is 6.15. The Morgan fingerprint density at radius 1 is 1.17 bits per heavy atom. The van der Waals surface area contributed by atoms with Crippen LogP contribution in [-0.4, -0.2) is 43.3 Å². The van der Waals surface area contributed by atoms with Crippen molar-refractivity contribution < 1.29 is 4.74 Å². The number of rotatable bonds is 5. The van der Waals surface area contributed by atoms with Crippen LogP contribution >= 0.6 is 0 Å². The van der Waals surface area contributed by atoms with Crippen molar-refractivity contribution in [3.63, 3.8) is 0 Å². The Bertz CT molecular complexity index is 696. The van der Waals surface area contributed by atoms with Gasteiger partial charge in [0, 0.05) is 43.2 Å². The summed E-state index contributed by atoms with van der Waals surface area (Å²) in [4.78, 5) is 11.7. The molecule has 1 aliphatic rings. The molecule has 1 fully saturated rings. The molecule has 3 heterocycles. The third-order valence-corrected chi connectivity index (χ3v) is 4.47. The molecule has 5 nitrogen and oxygen atoms in total. The summed E-state index contributed by atoms with van der Waals surface area (Å²) >= 11 is 0. The van der Waals surface area contributed by atoms with Crippen molar-refractivity contribution in [3.05, 3.63) is 35.9 Å². The van der Waals surface area contributed by atoms with Crippen LogP contribution in [0.2, 0.25) is 0 Å². The molecule has 0 atom stereocenters. The Kier molecular flexibility index (Phi) is 5.30. The van der Waals surface area contributed by atoms with Gasteiger partial charge in [0.25, 0.3) is 0 Å². The van der Waals surface area contributed by atoms with E-state index in [0.717, 1.165) is 61.7 Å². The van der Waals surface area contributed by atoms with Crippen LogP contribution in [0, 0.1) is 6.92 Å². The SMILES string of the molecule is CCCc1ncc(-c2cc(NC)cnc2C)cc1N1CCOCC1. The van der Waals surface area contributed by atoms with Gasteiger partial charge in [-0.25, -0.2) is 0 Å². The molecular weight excluding hydrogens is 300 g/mol. The number of hydrogen-bond acceptors (Lipinski definition) is 5. The number of anilines is 2. The summed E-state index contributed by atoms with van der Waals surface area (Å²) in [7, 11) is 1.91. The van der Waals surface area contributed by atoms with Crippen LogP contribution in [0.3, 0.4) is 0 Å². The molecule has 0 unspecified atom stereocenters. The smallest absolute Gasteiger partial charge is 0.0642 e. The first kappa shape index (κ1) is 16.7. The molecule has 3 rings (SSSR count). The molecule has 0 aromatic carbocycles. The Morgan fingerprint density at radius 2 is 1.96 bits per heavy atom. The minimum absolute atomic E-state index is 0.783. The van der Waals surface area contributed by atoms with Gasteiger partial charge in [0.2, 0.25) is 0 Å². The van der Waals surface area contributed by atoms with Gasteiger partial charge in [0.15, 0.2) is 0 Å². The van der Waals surface area contributed by atoms with Crippen LogP contribution in [0.25, 0.3) is 11.1 Å². The highest BCUT2D eigenvalue weighted by Crippen LogP contribution is 2.30. The van der Waals surface area contributed by atoms with E-state index in [4.69, 9.17) is 9.72 Å². The predicted octanol–water partition coefficient (Wildman–Crippen LogP) is 3.28. The topological polar surface area (TPSA) is 50.3 Å². The Morgan fingerprint density at radius 3 is 2.67 bits per heavy atom. The number of nitrogens with zero attached hydrogens (tertiary/aromatic N) is 3. The third kappa shape index (κ3) is 3.51. The zero-order chi connectivity index (χ0) is 16.9. The number of nitrogens with one attached hydrogen (secondary N) is 1. The van der Waals surface area contributed by atoms with Crippen LogP contribution in [0.5, 0.6) is 0 Å². The van der Waals surface area contributed by atoms with Gasteiger partial charge < -0.3 is 15.0 Å². The van der Waals surface area contributed by atoms with Gasteiger partial charge >= 0.3 is 0 Å². The lowest BCUT2D eigenvalue weighted by Crippen LogP contribution is -2.37. The first-order chi connectivity index (χ1) is 11.7. The number of aryl methyl sites for hydroxylation is 2. The van der Waals surface area contributed by atoms with E-state index in [1.807, 2.05) is 26.4 Å². The maximum Gasteiger partial charge on any atom is 0.0642 e. The first-order valence-electron chi connectivity index (χ1n) is 8.69. The van der Waals surface area contributed by atoms with Crippen molar-refractivity contribution in [2.45, 2.75) is 26.7 Å². The number of aromatic nitrogens is 2. The lowest BCUT2D eigenvalue weighted by molar-refractivity contribution is 0.122. The molecule has 0 radical (unpaired) electrons. The molecule has 1 aliphatic heterocycles. The minimum Gasteiger partial charge on any atom is -0.387 e. The molecule has 0 aliphatic carbocycles. The van der Waals surface area contributed by atoms with Gasteiger partial charge in [-0.2, -0.15) is 0 Å². The number of morpholine rings is 1. The van der Waals surface area contributed by atoms with Gasteiger partial charge in [-0.1, -0.05) is 13.3 Å². The number of pyridine rings is 2. The van der Waals surface area contributed by atoms with E-state index in [2.05, 4.69) is 34.3 Å². The number of ether oxygens (including phenoxy) is 1. The van der Waals surface area contributed by atoms with Crippen LogP contribution < -0.4 is 10.2 Å². The average Bonchev–Trinajstić information content (AvgIpc) is 2.63. The van der Waals surface area contributed by atoms with E-state index in [1.54, 1.807) is 0 Å². The summed E-state index contributed by atoms with van der Waals surface area (Å²) in [6.45, 7) is 7.66. The lowest BCUT2D eigenvalue weighted by Gasteiger charge is -2.30. The van der Waals surface area contributed by atoms with E-state index in [0.29, 0.717) is 0 Å². The van der Waals surface area contributed by atoms with Crippen molar-refractivity contribution in [2.24, 2.45) is 0 Å². The van der Waals surface area contributed by atoms with Crippen molar-refractivity contribution in [1.82, 2.24) is 9.97 Å². The molecule has 128 valence electrons. The zero-order valence-corrected chi connectivity index (χ0v) is 14.8. The number of hydrogen-bond donors (Lipinski definition) is 1. The first-order valence-corrected chi connectivity index (χ1v) is 8.69. The van der Waals surface area contributed by atoms with Crippen molar-refractivity contribution in [1.29, 1.82) is 0 Å². The fourth-order valence-corrected chi connectivity index (χ4v) is 3.10. The van der Waals surface area contributed by atoms with Gasteiger partial charge in [-0.05, 0) is 25.5 Å². The highest BCUT2D eigenvalue weighted by molar-refractivity contribution is 5.73.